The van der Waals surface area contributed by atoms with Crippen LogP contribution < -0.4 is 10.2 Å². The zero-order chi connectivity index (χ0) is 14.9. The summed E-state index contributed by atoms with van der Waals surface area (Å²) in [7, 11) is 0. The van der Waals surface area contributed by atoms with Crippen LogP contribution in [0.3, 0.4) is 0 Å². The topological polar surface area (TPSA) is 15.3 Å². The Bertz CT molecular complexity index is 462. The van der Waals surface area contributed by atoms with Crippen LogP contribution in [0.5, 0.6) is 0 Å². The molecule has 112 valence electrons. The molecule has 1 aliphatic heterocycles. The standard InChI is InChI=1S/C16H24BrClN2/c1-10(2)13-9-20(15(8-19-13)11(3)4)14-7-5-6-12(18)16(14)17/h5-7,10-11,13,15,19H,8-9H2,1-4H3. The first kappa shape index (κ1) is 16.1. The molecule has 2 rings (SSSR count). The fourth-order valence-electron chi connectivity index (χ4n) is 2.83. The maximum absolute atomic E-state index is 6.27. The number of anilines is 1. The summed E-state index contributed by atoms with van der Waals surface area (Å²) in [4.78, 5) is 2.52. The smallest absolute Gasteiger partial charge is 0.0595 e. The molecule has 1 fully saturated rings. The summed E-state index contributed by atoms with van der Waals surface area (Å²) in [5, 5.41) is 4.48. The molecule has 1 N–H and O–H groups in total. The number of benzene rings is 1. The van der Waals surface area contributed by atoms with E-state index in [1.165, 1.54) is 5.69 Å². The van der Waals surface area contributed by atoms with Gasteiger partial charge in [-0.25, -0.2) is 0 Å². The van der Waals surface area contributed by atoms with Crippen LogP contribution in [0.2, 0.25) is 5.02 Å². The Hall–Kier alpha value is -0.250. The zero-order valence-electron chi connectivity index (χ0n) is 12.7. The predicted molar refractivity (Wildman–Crippen MR) is 91.8 cm³/mol. The van der Waals surface area contributed by atoms with E-state index >= 15 is 0 Å². The highest BCUT2D eigenvalue weighted by Crippen LogP contribution is 2.36. The van der Waals surface area contributed by atoms with Gasteiger partial charge in [-0.2, -0.15) is 0 Å². The second kappa shape index (κ2) is 6.67. The molecule has 0 radical (unpaired) electrons. The average Bonchev–Trinajstić information content (AvgIpc) is 2.41. The molecule has 0 bridgehead atoms. The van der Waals surface area contributed by atoms with Crippen molar-refractivity contribution >= 4 is 33.2 Å². The lowest BCUT2D eigenvalue weighted by Gasteiger charge is -2.45. The molecule has 1 aromatic rings. The summed E-state index contributed by atoms with van der Waals surface area (Å²) in [6, 6.07) is 7.15. The normalized spacial score (nSPS) is 23.7. The van der Waals surface area contributed by atoms with E-state index in [9.17, 15) is 0 Å². The minimum Gasteiger partial charge on any atom is -0.364 e. The number of hydrogen-bond acceptors (Lipinski definition) is 2. The molecule has 4 heteroatoms. The lowest BCUT2D eigenvalue weighted by atomic mass is 9.93. The van der Waals surface area contributed by atoms with Crippen molar-refractivity contribution in [3.05, 3.63) is 27.7 Å². The van der Waals surface area contributed by atoms with Crippen molar-refractivity contribution in [3.63, 3.8) is 0 Å². The van der Waals surface area contributed by atoms with Crippen LogP contribution in [0.25, 0.3) is 0 Å². The molecular formula is C16H24BrClN2. The molecule has 1 aliphatic rings. The summed E-state index contributed by atoms with van der Waals surface area (Å²) < 4.78 is 1.01. The van der Waals surface area contributed by atoms with E-state index in [1.54, 1.807) is 0 Å². The van der Waals surface area contributed by atoms with Gasteiger partial charge in [0.05, 0.1) is 15.2 Å². The Morgan fingerprint density at radius 1 is 1.25 bits per heavy atom. The van der Waals surface area contributed by atoms with E-state index in [0.717, 1.165) is 22.6 Å². The quantitative estimate of drug-likeness (QED) is 0.851. The van der Waals surface area contributed by atoms with Crippen molar-refractivity contribution in [2.24, 2.45) is 11.8 Å². The molecule has 1 heterocycles. The van der Waals surface area contributed by atoms with E-state index in [-0.39, 0.29) is 0 Å². The third-order valence-corrected chi connectivity index (χ3v) is 5.57. The second-order valence-corrected chi connectivity index (χ2v) is 7.50. The number of rotatable bonds is 3. The molecule has 0 amide bonds. The lowest BCUT2D eigenvalue weighted by Crippen LogP contribution is -2.60. The van der Waals surface area contributed by atoms with E-state index in [4.69, 9.17) is 11.6 Å². The molecule has 0 saturated carbocycles. The van der Waals surface area contributed by atoms with Crippen LogP contribution in [0.4, 0.5) is 5.69 Å². The molecule has 0 spiro atoms. The number of nitrogens with one attached hydrogen (secondary N) is 1. The summed E-state index contributed by atoms with van der Waals surface area (Å²) in [6.45, 7) is 11.2. The van der Waals surface area contributed by atoms with Crippen molar-refractivity contribution in [3.8, 4) is 0 Å². The van der Waals surface area contributed by atoms with Gasteiger partial charge in [-0.15, -0.1) is 0 Å². The molecule has 20 heavy (non-hydrogen) atoms. The first-order valence-electron chi connectivity index (χ1n) is 7.35. The van der Waals surface area contributed by atoms with Crippen LogP contribution in [-0.2, 0) is 0 Å². The number of nitrogens with zero attached hydrogens (tertiary/aromatic N) is 1. The van der Waals surface area contributed by atoms with Gasteiger partial charge in [0.15, 0.2) is 0 Å². The van der Waals surface area contributed by atoms with Gasteiger partial charge >= 0.3 is 0 Å². The van der Waals surface area contributed by atoms with Crippen LogP contribution in [0.15, 0.2) is 22.7 Å². The summed E-state index contributed by atoms with van der Waals surface area (Å²) in [5.74, 6) is 1.23. The third-order valence-electron chi connectivity index (χ3n) is 4.20. The van der Waals surface area contributed by atoms with Gasteiger partial charge in [0, 0.05) is 25.2 Å². The third kappa shape index (κ3) is 3.32. The highest BCUT2D eigenvalue weighted by molar-refractivity contribution is 9.10. The molecule has 2 nitrogen and oxygen atoms in total. The van der Waals surface area contributed by atoms with Gasteiger partial charge in [-0.05, 0) is 39.9 Å². The average molecular weight is 360 g/mol. The number of halogens is 2. The van der Waals surface area contributed by atoms with Crippen molar-refractivity contribution in [1.29, 1.82) is 0 Å². The second-order valence-electron chi connectivity index (χ2n) is 6.30. The van der Waals surface area contributed by atoms with E-state index in [0.29, 0.717) is 23.9 Å². The van der Waals surface area contributed by atoms with Crippen LogP contribution >= 0.6 is 27.5 Å². The van der Waals surface area contributed by atoms with Gasteiger partial charge in [0.1, 0.15) is 0 Å². The maximum atomic E-state index is 6.27. The first-order chi connectivity index (χ1) is 9.41. The van der Waals surface area contributed by atoms with Crippen molar-refractivity contribution < 1.29 is 0 Å². The Kier molecular flexibility index (Phi) is 5.38. The van der Waals surface area contributed by atoms with Gasteiger partial charge in [0.2, 0.25) is 0 Å². The van der Waals surface area contributed by atoms with Crippen molar-refractivity contribution in [2.45, 2.75) is 39.8 Å². The summed E-state index contributed by atoms with van der Waals surface area (Å²) in [5.41, 5.74) is 1.21. The van der Waals surface area contributed by atoms with Gasteiger partial charge in [0.25, 0.3) is 0 Å². The van der Waals surface area contributed by atoms with Gasteiger partial charge in [-0.1, -0.05) is 45.4 Å². The van der Waals surface area contributed by atoms with E-state index in [1.807, 2.05) is 12.1 Å². The number of piperazine rings is 1. The monoisotopic (exact) mass is 358 g/mol. The SMILES string of the molecule is CC(C)C1CN(c2cccc(Cl)c2Br)C(C(C)C)CN1. The minimum absolute atomic E-state index is 0.500. The van der Waals surface area contributed by atoms with Crippen LogP contribution in [-0.4, -0.2) is 25.2 Å². The Balaban J connectivity index is 2.34. The van der Waals surface area contributed by atoms with Gasteiger partial charge in [-0.3, -0.25) is 0 Å². The highest BCUT2D eigenvalue weighted by Gasteiger charge is 2.32. The maximum Gasteiger partial charge on any atom is 0.0595 e. The summed E-state index contributed by atoms with van der Waals surface area (Å²) in [6.07, 6.45) is 0. The lowest BCUT2D eigenvalue weighted by molar-refractivity contribution is 0.295. The molecule has 2 unspecified atom stereocenters. The summed E-state index contributed by atoms with van der Waals surface area (Å²) >= 11 is 9.93. The van der Waals surface area contributed by atoms with Crippen LogP contribution in [0.1, 0.15) is 27.7 Å². The fourth-order valence-corrected chi connectivity index (χ4v) is 3.49. The zero-order valence-corrected chi connectivity index (χ0v) is 15.0. The van der Waals surface area contributed by atoms with E-state index < -0.39 is 0 Å². The highest BCUT2D eigenvalue weighted by atomic mass is 79.9. The van der Waals surface area contributed by atoms with Crippen molar-refractivity contribution in [1.82, 2.24) is 5.32 Å². The molecule has 0 aliphatic carbocycles. The van der Waals surface area contributed by atoms with E-state index in [2.05, 4.69) is 59.9 Å². The molecule has 0 aromatic heterocycles. The van der Waals surface area contributed by atoms with Gasteiger partial charge < -0.3 is 10.2 Å². The predicted octanol–water partition coefficient (Wildman–Crippen LogP) is 4.56. The fraction of sp³-hybridized carbons (Fsp3) is 0.625. The van der Waals surface area contributed by atoms with Crippen molar-refractivity contribution in [2.75, 3.05) is 18.0 Å². The molecule has 2 atom stereocenters. The minimum atomic E-state index is 0.500. The molecular weight excluding hydrogens is 336 g/mol. The Morgan fingerprint density at radius 3 is 2.55 bits per heavy atom. The Morgan fingerprint density at radius 2 is 1.95 bits per heavy atom. The molecule has 1 aromatic carbocycles. The Labute approximate surface area is 136 Å². The molecule has 1 saturated heterocycles. The number of hydrogen-bond donors (Lipinski definition) is 1. The first-order valence-corrected chi connectivity index (χ1v) is 8.53. The van der Waals surface area contributed by atoms with Crippen LogP contribution in [0, 0.1) is 11.8 Å². The largest absolute Gasteiger partial charge is 0.364 e.